The average molecular weight is 475 g/mol. The predicted octanol–water partition coefficient (Wildman–Crippen LogP) is 4.34. The van der Waals surface area contributed by atoms with Crippen LogP contribution in [0.5, 0.6) is 0 Å². The maximum atomic E-state index is 13.3. The number of benzene rings is 2. The Balaban J connectivity index is 1.98. The number of halogens is 3. The maximum absolute atomic E-state index is 13.3. The molecule has 0 aliphatic carbocycles. The second-order valence-corrected chi connectivity index (χ2v) is 8.13. The molecule has 0 unspecified atom stereocenters. The van der Waals surface area contributed by atoms with Gasteiger partial charge in [0, 0.05) is 21.3 Å². The molecular formula is C15H10Br2FN3O2S. The van der Waals surface area contributed by atoms with Crippen molar-refractivity contribution in [2.45, 2.75) is 4.90 Å². The molecule has 0 saturated carbocycles. The minimum atomic E-state index is -3.92. The molecule has 0 amide bonds. The number of sulfonamides is 1. The van der Waals surface area contributed by atoms with E-state index in [9.17, 15) is 12.8 Å². The van der Waals surface area contributed by atoms with Crippen molar-refractivity contribution in [3.05, 3.63) is 69.6 Å². The summed E-state index contributed by atoms with van der Waals surface area (Å²) in [6.07, 6.45) is 3.38. The topological polar surface area (TPSA) is 64.0 Å². The SMILES string of the molecule is O=S(=O)(Nc1cccc(-n2cccn2)c1)c1c(Br)cc(F)cc1Br. The fraction of sp³-hybridized carbons (Fsp3) is 0. The lowest BCUT2D eigenvalue weighted by Gasteiger charge is -2.12. The van der Waals surface area contributed by atoms with E-state index in [1.54, 1.807) is 47.4 Å². The summed E-state index contributed by atoms with van der Waals surface area (Å²) in [5.74, 6) is -0.548. The van der Waals surface area contributed by atoms with E-state index in [1.165, 1.54) is 0 Å². The minimum Gasteiger partial charge on any atom is -0.279 e. The van der Waals surface area contributed by atoms with Gasteiger partial charge < -0.3 is 0 Å². The van der Waals surface area contributed by atoms with Crippen LogP contribution in [0.2, 0.25) is 0 Å². The lowest BCUT2D eigenvalue weighted by molar-refractivity contribution is 0.598. The highest BCUT2D eigenvalue weighted by Gasteiger charge is 2.22. The summed E-state index contributed by atoms with van der Waals surface area (Å²) in [5.41, 5.74) is 1.07. The molecule has 124 valence electrons. The Morgan fingerprint density at radius 1 is 1.08 bits per heavy atom. The molecule has 1 heterocycles. The lowest BCUT2D eigenvalue weighted by atomic mass is 10.3. The zero-order valence-electron chi connectivity index (χ0n) is 11.9. The van der Waals surface area contributed by atoms with Crippen LogP contribution >= 0.6 is 31.9 Å². The number of rotatable bonds is 4. The van der Waals surface area contributed by atoms with E-state index < -0.39 is 15.8 Å². The molecule has 0 radical (unpaired) electrons. The lowest BCUT2D eigenvalue weighted by Crippen LogP contribution is -2.14. The molecule has 24 heavy (non-hydrogen) atoms. The van der Waals surface area contributed by atoms with Crippen LogP contribution in [0.15, 0.2) is 68.7 Å². The third kappa shape index (κ3) is 3.52. The number of aromatic nitrogens is 2. The van der Waals surface area contributed by atoms with Gasteiger partial charge in [0.05, 0.1) is 11.4 Å². The zero-order valence-corrected chi connectivity index (χ0v) is 15.9. The summed E-state index contributed by atoms with van der Waals surface area (Å²) >= 11 is 6.18. The van der Waals surface area contributed by atoms with Crippen LogP contribution in [-0.4, -0.2) is 18.2 Å². The highest BCUT2D eigenvalue weighted by molar-refractivity contribution is 9.11. The monoisotopic (exact) mass is 473 g/mol. The second kappa shape index (κ2) is 6.66. The van der Waals surface area contributed by atoms with Crippen molar-refractivity contribution < 1.29 is 12.8 Å². The first-order valence-corrected chi connectivity index (χ1v) is 9.71. The molecule has 1 aromatic heterocycles. The predicted molar refractivity (Wildman–Crippen MR) is 96.2 cm³/mol. The normalized spacial score (nSPS) is 11.5. The van der Waals surface area contributed by atoms with E-state index in [4.69, 9.17) is 0 Å². The van der Waals surface area contributed by atoms with E-state index in [0.717, 1.165) is 12.1 Å². The van der Waals surface area contributed by atoms with E-state index in [2.05, 4.69) is 41.7 Å². The summed E-state index contributed by atoms with van der Waals surface area (Å²) in [4.78, 5) is -0.0756. The molecule has 0 aliphatic rings. The van der Waals surface area contributed by atoms with Gasteiger partial charge in [-0.05, 0) is 68.3 Å². The summed E-state index contributed by atoms with van der Waals surface area (Å²) in [7, 11) is -3.92. The summed E-state index contributed by atoms with van der Waals surface area (Å²) in [6, 6.07) is 10.7. The minimum absolute atomic E-state index is 0.0756. The van der Waals surface area contributed by atoms with Crippen molar-refractivity contribution in [1.29, 1.82) is 0 Å². The molecule has 0 aliphatic heterocycles. The average Bonchev–Trinajstić information content (AvgIpc) is 2.99. The molecule has 0 atom stereocenters. The van der Waals surface area contributed by atoms with Crippen molar-refractivity contribution in [2.24, 2.45) is 0 Å². The molecular weight excluding hydrogens is 465 g/mol. The molecule has 5 nitrogen and oxygen atoms in total. The number of nitrogens with one attached hydrogen (secondary N) is 1. The third-order valence-electron chi connectivity index (χ3n) is 3.10. The van der Waals surface area contributed by atoms with Crippen LogP contribution in [0.4, 0.5) is 10.1 Å². The molecule has 0 spiro atoms. The van der Waals surface area contributed by atoms with Crippen LogP contribution in [0.3, 0.4) is 0 Å². The fourth-order valence-corrected chi connectivity index (χ4v) is 5.71. The van der Waals surface area contributed by atoms with Gasteiger partial charge in [-0.25, -0.2) is 17.5 Å². The Kier molecular flexibility index (Phi) is 4.75. The van der Waals surface area contributed by atoms with Gasteiger partial charge in [0.15, 0.2) is 0 Å². The van der Waals surface area contributed by atoms with E-state index in [-0.39, 0.29) is 13.8 Å². The van der Waals surface area contributed by atoms with Gasteiger partial charge in [0.2, 0.25) is 0 Å². The Hall–Kier alpha value is -1.71. The quantitative estimate of drug-likeness (QED) is 0.611. The van der Waals surface area contributed by atoms with Gasteiger partial charge >= 0.3 is 0 Å². The molecule has 0 fully saturated rings. The van der Waals surface area contributed by atoms with E-state index in [0.29, 0.717) is 11.4 Å². The van der Waals surface area contributed by atoms with Gasteiger partial charge in [-0.1, -0.05) is 6.07 Å². The number of nitrogens with zero attached hydrogens (tertiary/aromatic N) is 2. The molecule has 3 rings (SSSR count). The second-order valence-electron chi connectivity index (χ2n) is 4.81. The Labute approximate surface area is 154 Å². The van der Waals surface area contributed by atoms with Crippen molar-refractivity contribution >= 4 is 47.6 Å². The van der Waals surface area contributed by atoms with E-state index in [1.807, 2.05) is 0 Å². The van der Waals surface area contributed by atoms with Gasteiger partial charge in [-0.15, -0.1) is 0 Å². The first-order chi connectivity index (χ1) is 11.4. The zero-order chi connectivity index (χ0) is 17.3. The van der Waals surface area contributed by atoms with Crippen molar-refractivity contribution in [3.8, 4) is 5.69 Å². The van der Waals surface area contributed by atoms with Crippen molar-refractivity contribution in [2.75, 3.05) is 4.72 Å². The van der Waals surface area contributed by atoms with Gasteiger partial charge in [-0.3, -0.25) is 4.72 Å². The molecule has 2 aromatic carbocycles. The standard InChI is InChI=1S/C15H10Br2FN3O2S/c16-13-7-10(18)8-14(17)15(13)24(22,23)20-11-3-1-4-12(9-11)21-6-2-5-19-21/h1-9,20H. The van der Waals surface area contributed by atoms with E-state index >= 15 is 0 Å². The smallest absolute Gasteiger partial charge is 0.264 e. The Bertz CT molecular complexity index is 969. The summed E-state index contributed by atoms with van der Waals surface area (Å²) in [5, 5.41) is 4.10. The Morgan fingerprint density at radius 2 is 1.79 bits per heavy atom. The first kappa shape index (κ1) is 17.1. The number of hydrogen-bond acceptors (Lipinski definition) is 3. The van der Waals surface area contributed by atoms with Gasteiger partial charge in [0.25, 0.3) is 10.0 Å². The van der Waals surface area contributed by atoms with Crippen LogP contribution in [-0.2, 0) is 10.0 Å². The third-order valence-corrected chi connectivity index (χ3v) is 6.36. The number of hydrogen-bond donors (Lipinski definition) is 1. The molecule has 1 N–H and O–H groups in total. The number of anilines is 1. The molecule has 0 bridgehead atoms. The first-order valence-electron chi connectivity index (χ1n) is 6.64. The molecule has 9 heteroatoms. The largest absolute Gasteiger partial charge is 0.279 e. The van der Waals surface area contributed by atoms with Crippen LogP contribution in [0.25, 0.3) is 5.69 Å². The van der Waals surface area contributed by atoms with Crippen molar-refractivity contribution in [3.63, 3.8) is 0 Å². The fourth-order valence-electron chi connectivity index (χ4n) is 2.13. The Morgan fingerprint density at radius 3 is 2.42 bits per heavy atom. The molecule has 0 saturated heterocycles. The van der Waals surface area contributed by atoms with Crippen LogP contribution < -0.4 is 4.72 Å². The van der Waals surface area contributed by atoms with Crippen LogP contribution in [0.1, 0.15) is 0 Å². The molecule has 3 aromatic rings. The van der Waals surface area contributed by atoms with Crippen LogP contribution in [0, 0.1) is 5.82 Å². The highest BCUT2D eigenvalue weighted by atomic mass is 79.9. The summed E-state index contributed by atoms with van der Waals surface area (Å²) in [6.45, 7) is 0. The summed E-state index contributed by atoms with van der Waals surface area (Å²) < 4.78 is 43.0. The maximum Gasteiger partial charge on any atom is 0.264 e. The highest BCUT2D eigenvalue weighted by Crippen LogP contribution is 2.32. The van der Waals surface area contributed by atoms with Gasteiger partial charge in [-0.2, -0.15) is 5.10 Å². The van der Waals surface area contributed by atoms with Crippen molar-refractivity contribution in [1.82, 2.24) is 9.78 Å². The van der Waals surface area contributed by atoms with Gasteiger partial charge in [0.1, 0.15) is 10.7 Å².